The van der Waals surface area contributed by atoms with Crippen molar-refractivity contribution in [2.45, 2.75) is 52.5 Å². The van der Waals surface area contributed by atoms with Crippen LogP contribution in [0.4, 0.5) is 0 Å². The van der Waals surface area contributed by atoms with Crippen molar-refractivity contribution in [1.29, 1.82) is 0 Å². The summed E-state index contributed by atoms with van der Waals surface area (Å²) in [6.45, 7) is 6.87. The molecular weight excluding hydrogens is 252 g/mol. The number of aryl methyl sites for hydroxylation is 1. The molecule has 2 aromatic rings. The highest BCUT2D eigenvalue weighted by Gasteiger charge is 2.28. The van der Waals surface area contributed by atoms with Crippen molar-refractivity contribution in [3.63, 3.8) is 0 Å². The van der Waals surface area contributed by atoms with Gasteiger partial charge in [0.15, 0.2) is 4.77 Å². The fraction of sp³-hybridized carbons (Fsp3) is 0.562. The lowest BCUT2D eigenvalue weighted by molar-refractivity contribution is 0.195. The fourth-order valence-electron chi connectivity index (χ4n) is 3.25. The van der Waals surface area contributed by atoms with Gasteiger partial charge in [0.1, 0.15) is 0 Å². The van der Waals surface area contributed by atoms with Gasteiger partial charge in [0.25, 0.3) is 0 Å². The minimum Gasteiger partial charge on any atom is -0.331 e. The van der Waals surface area contributed by atoms with Crippen molar-refractivity contribution in [3.8, 4) is 0 Å². The fourth-order valence-corrected chi connectivity index (χ4v) is 3.61. The van der Waals surface area contributed by atoms with Crippen molar-refractivity contribution in [2.24, 2.45) is 5.41 Å². The van der Waals surface area contributed by atoms with Crippen LogP contribution in [0.25, 0.3) is 11.0 Å². The molecule has 1 aliphatic carbocycles. The molecule has 0 amide bonds. The molecule has 3 heteroatoms. The first-order valence-corrected chi connectivity index (χ1v) is 7.58. The van der Waals surface area contributed by atoms with Crippen LogP contribution in [0.1, 0.15) is 51.1 Å². The molecule has 0 saturated heterocycles. The Morgan fingerprint density at radius 1 is 1.26 bits per heavy atom. The molecule has 1 saturated carbocycles. The maximum atomic E-state index is 5.54. The van der Waals surface area contributed by atoms with E-state index >= 15 is 0 Å². The Labute approximate surface area is 119 Å². The number of aromatic nitrogens is 2. The molecule has 0 unspecified atom stereocenters. The van der Waals surface area contributed by atoms with Gasteiger partial charge >= 0.3 is 0 Å². The third kappa shape index (κ3) is 2.36. The summed E-state index contributed by atoms with van der Waals surface area (Å²) in [6.07, 6.45) is 5.06. The molecule has 19 heavy (non-hydrogen) atoms. The largest absolute Gasteiger partial charge is 0.331 e. The SMILES string of the molecule is Cc1ccc2c(c1)[nH]c(=S)n2C1CCC(C)(C)CC1. The lowest BCUT2D eigenvalue weighted by Gasteiger charge is -2.35. The molecule has 0 atom stereocenters. The second-order valence-electron chi connectivity index (χ2n) is 6.72. The summed E-state index contributed by atoms with van der Waals surface area (Å²) in [5.41, 5.74) is 4.22. The second-order valence-corrected chi connectivity index (χ2v) is 7.10. The molecule has 0 spiro atoms. The van der Waals surface area contributed by atoms with E-state index in [9.17, 15) is 0 Å². The molecule has 1 aromatic heterocycles. The Balaban J connectivity index is 2.01. The number of hydrogen-bond donors (Lipinski definition) is 1. The minimum atomic E-state index is 0.501. The average molecular weight is 274 g/mol. The smallest absolute Gasteiger partial charge is 0.178 e. The summed E-state index contributed by atoms with van der Waals surface area (Å²) < 4.78 is 3.23. The van der Waals surface area contributed by atoms with Crippen molar-refractivity contribution in [2.75, 3.05) is 0 Å². The van der Waals surface area contributed by atoms with Crippen LogP contribution < -0.4 is 0 Å². The zero-order chi connectivity index (χ0) is 13.6. The Morgan fingerprint density at radius 2 is 1.95 bits per heavy atom. The Hall–Kier alpha value is -1.09. The van der Waals surface area contributed by atoms with E-state index in [1.807, 2.05) is 0 Å². The third-order valence-electron chi connectivity index (χ3n) is 4.55. The highest BCUT2D eigenvalue weighted by molar-refractivity contribution is 7.71. The maximum Gasteiger partial charge on any atom is 0.178 e. The first-order valence-electron chi connectivity index (χ1n) is 7.17. The van der Waals surface area contributed by atoms with E-state index in [2.05, 4.69) is 48.5 Å². The van der Waals surface area contributed by atoms with Gasteiger partial charge in [-0.05, 0) is 67.9 Å². The Bertz CT molecular complexity index is 653. The summed E-state index contributed by atoms with van der Waals surface area (Å²) >= 11 is 5.54. The van der Waals surface area contributed by atoms with E-state index in [4.69, 9.17) is 12.2 Å². The lowest BCUT2D eigenvalue weighted by atomic mass is 9.75. The normalized spacial score (nSPS) is 19.9. The number of aromatic amines is 1. The van der Waals surface area contributed by atoms with Gasteiger partial charge < -0.3 is 9.55 Å². The molecular formula is C16H22N2S. The van der Waals surface area contributed by atoms with Crippen molar-refractivity contribution in [3.05, 3.63) is 28.5 Å². The van der Waals surface area contributed by atoms with Gasteiger partial charge in [-0.15, -0.1) is 0 Å². The quantitative estimate of drug-likeness (QED) is 0.713. The van der Waals surface area contributed by atoms with Crippen LogP contribution in [0, 0.1) is 17.1 Å². The highest BCUT2D eigenvalue weighted by Crippen LogP contribution is 2.41. The van der Waals surface area contributed by atoms with Crippen LogP contribution in [0.2, 0.25) is 0 Å². The number of fused-ring (bicyclic) bond motifs is 1. The molecule has 1 aromatic carbocycles. The van der Waals surface area contributed by atoms with Gasteiger partial charge in [-0.3, -0.25) is 0 Å². The Morgan fingerprint density at radius 3 is 2.63 bits per heavy atom. The molecule has 3 rings (SSSR count). The molecule has 2 nitrogen and oxygen atoms in total. The number of H-pyrrole nitrogens is 1. The van der Waals surface area contributed by atoms with Gasteiger partial charge in [0.2, 0.25) is 0 Å². The van der Waals surface area contributed by atoms with E-state index in [1.54, 1.807) is 0 Å². The van der Waals surface area contributed by atoms with Crippen LogP contribution in [0.5, 0.6) is 0 Å². The topological polar surface area (TPSA) is 20.7 Å². The molecule has 0 radical (unpaired) electrons. The molecule has 102 valence electrons. The molecule has 1 heterocycles. The molecule has 1 fully saturated rings. The van der Waals surface area contributed by atoms with E-state index in [-0.39, 0.29) is 0 Å². The second kappa shape index (κ2) is 4.48. The standard InChI is InChI=1S/C16H22N2S/c1-11-4-5-14-13(10-11)17-15(19)18(14)12-6-8-16(2,3)9-7-12/h4-5,10,12H,6-9H2,1-3H3,(H,17,19). The first kappa shape index (κ1) is 12.9. The monoisotopic (exact) mass is 274 g/mol. The third-order valence-corrected chi connectivity index (χ3v) is 4.84. The summed E-state index contributed by atoms with van der Waals surface area (Å²) in [4.78, 5) is 3.36. The number of hydrogen-bond acceptors (Lipinski definition) is 1. The van der Waals surface area contributed by atoms with Crippen LogP contribution >= 0.6 is 12.2 Å². The van der Waals surface area contributed by atoms with Crippen molar-refractivity contribution < 1.29 is 0 Å². The van der Waals surface area contributed by atoms with Crippen LogP contribution in [0.3, 0.4) is 0 Å². The van der Waals surface area contributed by atoms with E-state index in [0.29, 0.717) is 11.5 Å². The zero-order valence-electron chi connectivity index (χ0n) is 12.0. The molecule has 1 aliphatic rings. The zero-order valence-corrected chi connectivity index (χ0v) is 12.8. The van der Waals surface area contributed by atoms with E-state index in [1.165, 1.54) is 42.3 Å². The van der Waals surface area contributed by atoms with E-state index < -0.39 is 0 Å². The van der Waals surface area contributed by atoms with Crippen LogP contribution in [0.15, 0.2) is 18.2 Å². The lowest BCUT2D eigenvalue weighted by Crippen LogP contribution is -2.23. The van der Waals surface area contributed by atoms with E-state index in [0.717, 1.165) is 4.77 Å². The molecule has 1 N–H and O–H groups in total. The summed E-state index contributed by atoms with van der Waals surface area (Å²) in [7, 11) is 0. The van der Waals surface area contributed by atoms with Crippen LogP contribution in [-0.2, 0) is 0 Å². The summed E-state index contributed by atoms with van der Waals surface area (Å²) in [6, 6.07) is 7.14. The minimum absolute atomic E-state index is 0.501. The predicted octanol–water partition coefficient (Wildman–Crippen LogP) is 5.15. The Kier molecular flexibility index (Phi) is 3.05. The van der Waals surface area contributed by atoms with Crippen molar-refractivity contribution >= 4 is 23.3 Å². The van der Waals surface area contributed by atoms with Gasteiger partial charge in [0, 0.05) is 6.04 Å². The summed E-state index contributed by atoms with van der Waals surface area (Å²) in [5, 5.41) is 0. The van der Waals surface area contributed by atoms with Crippen LogP contribution in [-0.4, -0.2) is 9.55 Å². The van der Waals surface area contributed by atoms with Gasteiger partial charge in [-0.2, -0.15) is 0 Å². The molecule has 0 aliphatic heterocycles. The predicted molar refractivity (Wildman–Crippen MR) is 83.1 cm³/mol. The number of imidazole rings is 1. The van der Waals surface area contributed by atoms with Gasteiger partial charge in [-0.25, -0.2) is 0 Å². The maximum absolute atomic E-state index is 5.54. The van der Waals surface area contributed by atoms with Gasteiger partial charge in [-0.1, -0.05) is 19.9 Å². The summed E-state index contributed by atoms with van der Waals surface area (Å²) in [5.74, 6) is 0. The highest BCUT2D eigenvalue weighted by atomic mass is 32.1. The van der Waals surface area contributed by atoms with Gasteiger partial charge in [0.05, 0.1) is 11.0 Å². The number of rotatable bonds is 1. The molecule has 0 bridgehead atoms. The number of benzene rings is 1. The first-order chi connectivity index (χ1) is 8.96. The average Bonchev–Trinajstić information content (AvgIpc) is 2.65. The number of nitrogens with zero attached hydrogens (tertiary/aromatic N) is 1. The number of nitrogens with one attached hydrogen (secondary N) is 1. The van der Waals surface area contributed by atoms with Crippen molar-refractivity contribution in [1.82, 2.24) is 9.55 Å².